The van der Waals surface area contributed by atoms with E-state index >= 15 is 0 Å². The van der Waals surface area contributed by atoms with Crippen LogP contribution in [0.4, 0.5) is 5.82 Å². The van der Waals surface area contributed by atoms with Gasteiger partial charge in [-0.15, -0.1) is 0 Å². The molecule has 1 amide bonds. The highest BCUT2D eigenvalue weighted by molar-refractivity contribution is 5.94. The van der Waals surface area contributed by atoms with Crippen molar-refractivity contribution in [3.05, 3.63) is 88.0 Å². The maximum Gasteiger partial charge on any atom is 0.297 e. The van der Waals surface area contributed by atoms with E-state index in [0.717, 1.165) is 30.8 Å². The van der Waals surface area contributed by atoms with Crippen LogP contribution < -0.4 is 16.4 Å². The zero-order valence-electron chi connectivity index (χ0n) is 20.5. The fourth-order valence-electron chi connectivity index (χ4n) is 4.70. The van der Waals surface area contributed by atoms with Crippen LogP contribution in [-0.4, -0.2) is 47.1 Å². The summed E-state index contributed by atoms with van der Waals surface area (Å²) in [6.45, 7) is 7.30. The van der Waals surface area contributed by atoms with Crippen molar-refractivity contribution >= 4 is 11.7 Å². The number of likely N-dealkylation sites (tertiary alicyclic amines) is 1. The number of amides is 1. The highest BCUT2D eigenvalue weighted by Crippen LogP contribution is 2.27. The molecule has 35 heavy (non-hydrogen) atoms. The summed E-state index contributed by atoms with van der Waals surface area (Å²) in [5, 5.41) is 3.45. The molecule has 8 heteroatoms. The Morgan fingerprint density at radius 1 is 1.14 bits per heavy atom. The maximum atomic E-state index is 13.6. The second-order valence-electron chi connectivity index (χ2n) is 9.11. The molecule has 1 fully saturated rings. The third-order valence-corrected chi connectivity index (χ3v) is 6.53. The lowest BCUT2D eigenvalue weighted by Crippen LogP contribution is -2.33. The molecule has 1 aromatic heterocycles. The number of aryl methyl sites for hydroxylation is 1. The fraction of sp³-hybridized carbons (Fsp3) is 0.370. The van der Waals surface area contributed by atoms with Crippen LogP contribution in [0.2, 0.25) is 0 Å². The van der Waals surface area contributed by atoms with Crippen LogP contribution in [0.5, 0.6) is 0 Å². The molecule has 0 unspecified atom stereocenters. The first kappa shape index (κ1) is 24.6. The van der Waals surface area contributed by atoms with Gasteiger partial charge in [0.2, 0.25) is 0 Å². The van der Waals surface area contributed by atoms with Crippen LogP contribution in [-0.2, 0) is 4.84 Å². The van der Waals surface area contributed by atoms with Crippen LogP contribution >= 0.6 is 0 Å². The predicted molar refractivity (Wildman–Crippen MR) is 137 cm³/mol. The molecule has 1 aliphatic heterocycles. The van der Waals surface area contributed by atoms with Gasteiger partial charge in [-0.1, -0.05) is 43.3 Å². The van der Waals surface area contributed by atoms with Crippen molar-refractivity contribution in [3.8, 4) is 5.69 Å². The summed E-state index contributed by atoms with van der Waals surface area (Å²) in [5.74, 6) is 0.156. The molecule has 2 atom stereocenters. The van der Waals surface area contributed by atoms with Crippen LogP contribution in [0, 0.1) is 12.8 Å². The van der Waals surface area contributed by atoms with Crippen molar-refractivity contribution < 1.29 is 9.63 Å². The highest BCUT2D eigenvalue weighted by atomic mass is 16.6. The number of hydrogen-bond donors (Lipinski definition) is 2. The SMILES string of the molecule is CONC(=O)c1ccc(C)c(-n2ccnc(N[C@@H](c3ccccc3)[C@H](C)CN3CCCC3)c2=O)c1. The largest absolute Gasteiger partial charge is 0.358 e. The summed E-state index contributed by atoms with van der Waals surface area (Å²) in [6, 6.07) is 15.3. The summed E-state index contributed by atoms with van der Waals surface area (Å²) < 4.78 is 1.53. The van der Waals surface area contributed by atoms with E-state index in [1.54, 1.807) is 24.5 Å². The van der Waals surface area contributed by atoms with E-state index in [2.05, 4.69) is 39.7 Å². The molecule has 0 radical (unpaired) electrons. The van der Waals surface area contributed by atoms with E-state index in [1.807, 2.05) is 31.2 Å². The Labute approximate surface area is 205 Å². The Bertz CT molecular complexity index is 1200. The summed E-state index contributed by atoms with van der Waals surface area (Å²) in [4.78, 5) is 37.5. The topological polar surface area (TPSA) is 88.5 Å². The molecule has 1 saturated heterocycles. The van der Waals surface area contributed by atoms with Crippen molar-refractivity contribution in [3.63, 3.8) is 0 Å². The zero-order chi connectivity index (χ0) is 24.8. The molecule has 2 N–H and O–H groups in total. The standard InChI is InChI=1S/C27H33N5O3/c1-19-11-12-22(26(33)30-35-3)17-23(19)32-16-13-28-25(27(32)34)29-24(21-9-5-4-6-10-21)20(2)18-31-14-7-8-15-31/h4-6,9-13,16-17,20,24H,7-8,14-15,18H2,1-3H3,(H,28,29)(H,30,33)/t20-,24-/m1/s1. The Hall–Kier alpha value is -3.49. The summed E-state index contributed by atoms with van der Waals surface area (Å²) in [6.07, 6.45) is 5.71. The van der Waals surface area contributed by atoms with Crippen LogP contribution in [0.3, 0.4) is 0 Å². The number of hydroxylamine groups is 1. The second kappa shape index (κ2) is 11.3. The van der Waals surface area contributed by atoms with Crippen LogP contribution in [0.15, 0.2) is 65.7 Å². The van der Waals surface area contributed by atoms with Gasteiger partial charge in [0.15, 0.2) is 5.82 Å². The number of aromatic nitrogens is 2. The molecule has 0 saturated carbocycles. The first-order valence-electron chi connectivity index (χ1n) is 12.0. The van der Waals surface area contributed by atoms with E-state index in [0.29, 0.717) is 11.3 Å². The molecule has 3 aromatic rings. The molecule has 2 aromatic carbocycles. The number of nitrogens with one attached hydrogen (secondary N) is 2. The average Bonchev–Trinajstić information content (AvgIpc) is 3.37. The zero-order valence-corrected chi connectivity index (χ0v) is 20.5. The quantitative estimate of drug-likeness (QED) is 0.459. The smallest absolute Gasteiger partial charge is 0.297 e. The highest BCUT2D eigenvalue weighted by Gasteiger charge is 2.25. The van der Waals surface area contributed by atoms with Crippen molar-refractivity contribution in [2.24, 2.45) is 5.92 Å². The lowest BCUT2D eigenvalue weighted by atomic mass is 9.94. The number of nitrogens with zero attached hydrogens (tertiary/aromatic N) is 3. The Balaban J connectivity index is 1.67. The molecule has 184 valence electrons. The first-order chi connectivity index (χ1) is 17.0. The maximum absolute atomic E-state index is 13.6. The lowest BCUT2D eigenvalue weighted by Gasteiger charge is -2.29. The summed E-state index contributed by atoms with van der Waals surface area (Å²) in [5.41, 5.74) is 5.04. The van der Waals surface area contributed by atoms with Gasteiger partial charge in [0.05, 0.1) is 18.8 Å². The number of benzene rings is 2. The molecule has 2 heterocycles. The van der Waals surface area contributed by atoms with Gasteiger partial charge in [-0.2, -0.15) is 0 Å². The second-order valence-corrected chi connectivity index (χ2v) is 9.11. The average molecular weight is 476 g/mol. The third kappa shape index (κ3) is 5.78. The molecular formula is C27H33N5O3. The molecule has 0 spiro atoms. The predicted octanol–water partition coefficient (Wildman–Crippen LogP) is 3.72. The van der Waals surface area contributed by atoms with E-state index in [-0.39, 0.29) is 29.2 Å². The summed E-state index contributed by atoms with van der Waals surface area (Å²) in [7, 11) is 1.38. The minimum atomic E-state index is -0.380. The van der Waals surface area contributed by atoms with Gasteiger partial charge in [0, 0.05) is 24.5 Å². The third-order valence-electron chi connectivity index (χ3n) is 6.53. The summed E-state index contributed by atoms with van der Waals surface area (Å²) >= 11 is 0. The van der Waals surface area contributed by atoms with Crippen molar-refractivity contribution in [2.45, 2.75) is 32.7 Å². The Morgan fingerprint density at radius 3 is 2.60 bits per heavy atom. The molecule has 0 aliphatic carbocycles. The van der Waals surface area contributed by atoms with E-state index < -0.39 is 0 Å². The van der Waals surface area contributed by atoms with Crippen LogP contribution in [0.25, 0.3) is 5.69 Å². The molecule has 4 rings (SSSR count). The van der Waals surface area contributed by atoms with Crippen molar-refractivity contribution in [1.29, 1.82) is 0 Å². The lowest BCUT2D eigenvalue weighted by molar-refractivity contribution is 0.0537. The van der Waals surface area contributed by atoms with Gasteiger partial charge >= 0.3 is 0 Å². The number of hydrogen-bond acceptors (Lipinski definition) is 6. The molecule has 0 bridgehead atoms. The Kier molecular flexibility index (Phi) is 7.94. The van der Waals surface area contributed by atoms with Gasteiger partial charge in [0.25, 0.3) is 11.5 Å². The van der Waals surface area contributed by atoms with E-state index in [1.165, 1.54) is 24.5 Å². The van der Waals surface area contributed by atoms with Crippen LogP contribution in [0.1, 0.15) is 47.3 Å². The van der Waals surface area contributed by atoms with Crippen molar-refractivity contribution in [2.75, 3.05) is 32.1 Å². The van der Waals surface area contributed by atoms with Gasteiger partial charge in [-0.25, -0.2) is 10.5 Å². The van der Waals surface area contributed by atoms with E-state index in [9.17, 15) is 9.59 Å². The fourth-order valence-corrected chi connectivity index (χ4v) is 4.70. The van der Waals surface area contributed by atoms with Gasteiger partial charge in [-0.05, 0) is 62.0 Å². The number of rotatable bonds is 9. The normalized spacial score (nSPS) is 15.5. The molecule has 8 nitrogen and oxygen atoms in total. The number of carbonyl (C=O) groups excluding carboxylic acids is 1. The minimum absolute atomic E-state index is 0.0761. The molecule has 1 aliphatic rings. The van der Waals surface area contributed by atoms with E-state index in [4.69, 9.17) is 4.84 Å². The molecular weight excluding hydrogens is 442 g/mol. The number of anilines is 1. The van der Waals surface area contributed by atoms with Gasteiger partial charge in [0.1, 0.15) is 0 Å². The van der Waals surface area contributed by atoms with Crippen molar-refractivity contribution in [1.82, 2.24) is 19.9 Å². The van der Waals surface area contributed by atoms with Gasteiger partial charge < -0.3 is 10.2 Å². The van der Waals surface area contributed by atoms with Gasteiger partial charge in [-0.3, -0.25) is 19.0 Å². The Morgan fingerprint density at radius 2 is 1.89 bits per heavy atom. The minimum Gasteiger partial charge on any atom is -0.358 e. The number of carbonyl (C=O) groups is 1. The monoisotopic (exact) mass is 475 g/mol. The first-order valence-corrected chi connectivity index (χ1v) is 12.0.